The van der Waals surface area contributed by atoms with Crippen molar-refractivity contribution in [2.45, 2.75) is 6.42 Å². The van der Waals surface area contributed by atoms with Gasteiger partial charge in [-0.25, -0.2) is 4.79 Å². The number of morpholine rings is 1. The molecule has 2 aromatic carbocycles. The summed E-state index contributed by atoms with van der Waals surface area (Å²) in [5, 5.41) is 5.94. The third kappa shape index (κ3) is 5.37. The molecule has 0 atom stereocenters. The molecule has 0 saturated carbocycles. The Balaban J connectivity index is 1.56. The molecule has 1 aliphatic heterocycles. The maximum absolute atomic E-state index is 12.3. The zero-order valence-electron chi connectivity index (χ0n) is 15.5. The summed E-state index contributed by atoms with van der Waals surface area (Å²) >= 11 is 5.97. The minimum atomic E-state index is -0.419. The van der Waals surface area contributed by atoms with Crippen LogP contribution in [-0.4, -0.2) is 50.3 Å². The van der Waals surface area contributed by atoms with Gasteiger partial charge in [0.05, 0.1) is 32.4 Å². The number of nitrogens with one attached hydrogen (secondary N) is 2. The minimum Gasteiger partial charge on any atom is -0.495 e. The quantitative estimate of drug-likeness (QED) is 0.801. The van der Waals surface area contributed by atoms with E-state index in [9.17, 15) is 9.59 Å². The molecule has 0 unspecified atom stereocenters. The van der Waals surface area contributed by atoms with Crippen molar-refractivity contribution in [1.82, 2.24) is 4.90 Å². The van der Waals surface area contributed by atoms with Gasteiger partial charge in [0.2, 0.25) is 5.91 Å². The molecule has 0 aliphatic carbocycles. The highest BCUT2D eigenvalue weighted by atomic mass is 35.5. The molecule has 1 fully saturated rings. The van der Waals surface area contributed by atoms with Gasteiger partial charge in [0.1, 0.15) is 5.75 Å². The third-order valence-corrected chi connectivity index (χ3v) is 4.58. The molecule has 7 nitrogen and oxygen atoms in total. The molecule has 0 spiro atoms. The molecule has 28 heavy (non-hydrogen) atoms. The van der Waals surface area contributed by atoms with E-state index in [4.69, 9.17) is 21.1 Å². The summed E-state index contributed by atoms with van der Waals surface area (Å²) in [5.41, 5.74) is 1.97. The Morgan fingerprint density at radius 2 is 1.82 bits per heavy atom. The molecular weight excluding hydrogens is 382 g/mol. The number of hydrogen-bond acceptors (Lipinski definition) is 4. The van der Waals surface area contributed by atoms with E-state index in [0.717, 1.165) is 5.56 Å². The van der Waals surface area contributed by atoms with Crippen LogP contribution in [0.25, 0.3) is 0 Å². The number of anilines is 2. The van der Waals surface area contributed by atoms with Crippen LogP contribution in [0.4, 0.5) is 16.2 Å². The van der Waals surface area contributed by atoms with E-state index in [1.54, 1.807) is 30.3 Å². The Morgan fingerprint density at radius 1 is 1.11 bits per heavy atom. The van der Waals surface area contributed by atoms with Crippen LogP contribution in [0.15, 0.2) is 42.5 Å². The molecule has 148 valence electrons. The van der Waals surface area contributed by atoms with E-state index in [-0.39, 0.29) is 5.91 Å². The number of urea groups is 1. The zero-order chi connectivity index (χ0) is 19.9. The first-order chi connectivity index (χ1) is 13.5. The standard InChI is InChI=1S/C20H22ClN3O4/c1-27-18-7-4-15(21)13-17(18)23-20(26)22-16-5-2-14(3-6-16)12-19(25)24-8-10-28-11-9-24/h2-7,13H,8-12H2,1H3,(H2,22,23,26). The van der Waals surface area contributed by atoms with Gasteiger partial charge in [-0.1, -0.05) is 23.7 Å². The van der Waals surface area contributed by atoms with Crippen LogP contribution < -0.4 is 15.4 Å². The molecule has 1 aliphatic rings. The van der Waals surface area contributed by atoms with Gasteiger partial charge in [0, 0.05) is 23.8 Å². The van der Waals surface area contributed by atoms with Crippen LogP contribution in [0, 0.1) is 0 Å². The van der Waals surface area contributed by atoms with Crippen molar-refractivity contribution in [2.75, 3.05) is 44.0 Å². The summed E-state index contributed by atoms with van der Waals surface area (Å²) in [6, 6.07) is 11.7. The summed E-state index contributed by atoms with van der Waals surface area (Å²) in [4.78, 5) is 26.3. The van der Waals surface area contributed by atoms with Crippen molar-refractivity contribution in [3.05, 3.63) is 53.1 Å². The molecule has 2 aromatic rings. The fourth-order valence-electron chi connectivity index (χ4n) is 2.87. The lowest BCUT2D eigenvalue weighted by Crippen LogP contribution is -2.41. The molecule has 1 heterocycles. The lowest BCUT2D eigenvalue weighted by atomic mass is 10.1. The molecule has 3 rings (SSSR count). The van der Waals surface area contributed by atoms with Crippen LogP contribution in [-0.2, 0) is 16.0 Å². The molecule has 0 bridgehead atoms. The number of benzene rings is 2. The van der Waals surface area contributed by atoms with Crippen LogP contribution in [0.1, 0.15) is 5.56 Å². The van der Waals surface area contributed by atoms with Crippen molar-refractivity contribution < 1.29 is 19.1 Å². The SMILES string of the molecule is COc1ccc(Cl)cc1NC(=O)Nc1ccc(CC(=O)N2CCOCC2)cc1. The van der Waals surface area contributed by atoms with Gasteiger partial charge in [-0.15, -0.1) is 0 Å². The topological polar surface area (TPSA) is 79.9 Å². The number of rotatable bonds is 5. The number of halogens is 1. The van der Waals surface area contributed by atoms with Crippen molar-refractivity contribution in [3.63, 3.8) is 0 Å². The lowest BCUT2D eigenvalue weighted by Gasteiger charge is -2.26. The minimum absolute atomic E-state index is 0.0785. The smallest absolute Gasteiger partial charge is 0.323 e. The maximum atomic E-state index is 12.3. The highest BCUT2D eigenvalue weighted by Crippen LogP contribution is 2.27. The number of hydrogen-bond donors (Lipinski definition) is 2. The highest BCUT2D eigenvalue weighted by molar-refractivity contribution is 6.31. The van der Waals surface area contributed by atoms with Gasteiger partial charge < -0.3 is 25.0 Å². The average Bonchev–Trinajstić information content (AvgIpc) is 2.70. The predicted molar refractivity (Wildman–Crippen MR) is 108 cm³/mol. The van der Waals surface area contributed by atoms with Crippen molar-refractivity contribution in [2.24, 2.45) is 0 Å². The van der Waals surface area contributed by atoms with Crippen molar-refractivity contribution >= 4 is 34.9 Å². The van der Waals surface area contributed by atoms with E-state index in [2.05, 4.69) is 10.6 Å². The first-order valence-electron chi connectivity index (χ1n) is 8.91. The van der Waals surface area contributed by atoms with Gasteiger partial charge in [-0.05, 0) is 35.9 Å². The molecule has 2 N–H and O–H groups in total. The number of carbonyl (C=O) groups excluding carboxylic acids is 2. The fraction of sp³-hybridized carbons (Fsp3) is 0.300. The van der Waals surface area contributed by atoms with Gasteiger partial charge >= 0.3 is 6.03 Å². The highest BCUT2D eigenvalue weighted by Gasteiger charge is 2.17. The number of methoxy groups -OCH3 is 1. The second-order valence-electron chi connectivity index (χ2n) is 6.29. The summed E-state index contributed by atoms with van der Waals surface area (Å²) in [5.74, 6) is 0.589. The van der Waals surface area contributed by atoms with E-state index < -0.39 is 6.03 Å². The molecular formula is C20H22ClN3O4. The Labute approximate surface area is 168 Å². The first kappa shape index (κ1) is 20.0. The summed E-state index contributed by atoms with van der Waals surface area (Å²) in [6.07, 6.45) is 0.326. The molecule has 3 amide bonds. The summed E-state index contributed by atoms with van der Waals surface area (Å²) in [6.45, 7) is 2.43. The number of nitrogens with zero attached hydrogens (tertiary/aromatic N) is 1. The largest absolute Gasteiger partial charge is 0.495 e. The van der Waals surface area contributed by atoms with Crippen LogP contribution in [0.2, 0.25) is 5.02 Å². The zero-order valence-corrected chi connectivity index (χ0v) is 16.3. The molecule has 0 aromatic heterocycles. The maximum Gasteiger partial charge on any atom is 0.323 e. The van der Waals surface area contributed by atoms with Crippen molar-refractivity contribution in [3.8, 4) is 5.75 Å². The molecule has 1 saturated heterocycles. The second kappa shape index (κ2) is 9.43. The Kier molecular flexibility index (Phi) is 6.73. The molecule has 8 heteroatoms. The second-order valence-corrected chi connectivity index (χ2v) is 6.73. The summed E-state index contributed by atoms with van der Waals surface area (Å²) < 4.78 is 10.5. The summed E-state index contributed by atoms with van der Waals surface area (Å²) in [7, 11) is 1.52. The number of carbonyl (C=O) groups is 2. The first-order valence-corrected chi connectivity index (χ1v) is 9.29. The van der Waals surface area contributed by atoms with Crippen LogP contribution >= 0.6 is 11.6 Å². The number of amides is 3. The molecule has 0 radical (unpaired) electrons. The lowest BCUT2D eigenvalue weighted by molar-refractivity contribution is -0.134. The third-order valence-electron chi connectivity index (χ3n) is 4.34. The van der Waals surface area contributed by atoms with Gasteiger partial charge in [0.15, 0.2) is 0 Å². The van der Waals surface area contributed by atoms with E-state index in [0.29, 0.717) is 54.9 Å². The Hall–Kier alpha value is -2.77. The van der Waals surface area contributed by atoms with Gasteiger partial charge in [0.25, 0.3) is 0 Å². The van der Waals surface area contributed by atoms with Crippen LogP contribution in [0.5, 0.6) is 5.75 Å². The average molecular weight is 404 g/mol. The Bertz CT molecular complexity index is 836. The normalized spacial score (nSPS) is 13.7. The fourth-order valence-corrected chi connectivity index (χ4v) is 3.04. The van der Waals surface area contributed by atoms with Crippen LogP contribution in [0.3, 0.4) is 0 Å². The monoisotopic (exact) mass is 403 g/mol. The van der Waals surface area contributed by atoms with E-state index in [1.165, 1.54) is 7.11 Å². The predicted octanol–water partition coefficient (Wildman–Crippen LogP) is 3.39. The Morgan fingerprint density at radius 3 is 2.50 bits per heavy atom. The van der Waals surface area contributed by atoms with E-state index in [1.807, 2.05) is 17.0 Å². The van der Waals surface area contributed by atoms with E-state index >= 15 is 0 Å². The number of ether oxygens (including phenoxy) is 2. The van der Waals surface area contributed by atoms with Gasteiger partial charge in [-0.3, -0.25) is 4.79 Å². The van der Waals surface area contributed by atoms with Crippen molar-refractivity contribution in [1.29, 1.82) is 0 Å². The van der Waals surface area contributed by atoms with Gasteiger partial charge in [-0.2, -0.15) is 0 Å².